The van der Waals surface area contributed by atoms with Gasteiger partial charge in [0.15, 0.2) is 0 Å². The van der Waals surface area contributed by atoms with Gasteiger partial charge in [-0.3, -0.25) is 5.10 Å². The summed E-state index contributed by atoms with van der Waals surface area (Å²) in [5.41, 5.74) is 0.387. The minimum absolute atomic E-state index is 0.387. The van der Waals surface area contributed by atoms with E-state index in [1.54, 1.807) is 18.2 Å². The van der Waals surface area contributed by atoms with Gasteiger partial charge >= 0.3 is 0 Å². The highest BCUT2D eigenvalue weighted by Gasteiger charge is 1.98. The second kappa shape index (κ2) is 4.19. The van der Waals surface area contributed by atoms with E-state index in [4.69, 9.17) is 5.26 Å². The van der Waals surface area contributed by atoms with E-state index in [-0.39, 0.29) is 0 Å². The molecular weight excluding hydrogens is 192 g/mol. The Kier molecular flexibility index (Phi) is 2.56. The van der Waals surface area contributed by atoms with Crippen molar-refractivity contribution < 1.29 is 0 Å². The Morgan fingerprint density at radius 2 is 2.40 bits per heavy atom. The topological polar surface area (TPSA) is 90.3 Å². The van der Waals surface area contributed by atoms with Gasteiger partial charge in [0.1, 0.15) is 29.7 Å². The van der Waals surface area contributed by atoms with Crippen molar-refractivity contribution in [2.75, 3.05) is 5.32 Å². The van der Waals surface area contributed by atoms with Gasteiger partial charge in [0.25, 0.3) is 0 Å². The molecule has 2 heterocycles. The average molecular weight is 200 g/mol. The van der Waals surface area contributed by atoms with E-state index in [0.29, 0.717) is 18.1 Å². The first-order valence-corrected chi connectivity index (χ1v) is 4.34. The van der Waals surface area contributed by atoms with Crippen molar-refractivity contribution in [1.29, 1.82) is 5.26 Å². The minimum Gasteiger partial charge on any atom is -0.363 e. The molecule has 0 spiro atoms. The summed E-state index contributed by atoms with van der Waals surface area (Å²) in [7, 11) is 0. The smallest absolute Gasteiger partial charge is 0.143 e. The number of pyridine rings is 1. The Morgan fingerprint density at radius 3 is 3.13 bits per heavy atom. The zero-order valence-corrected chi connectivity index (χ0v) is 7.81. The third-order valence-corrected chi connectivity index (χ3v) is 1.77. The maximum absolute atomic E-state index is 8.65. The molecule has 0 atom stereocenters. The van der Waals surface area contributed by atoms with Crippen LogP contribution in [0.4, 0.5) is 5.82 Å². The quantitative estimate of drug-likeness (QED) is 0.760. The normalized spacial score (nSPS) is 9.53. The molecule has 2 aromatic rings. The number of hydrogen-bond acceptors (Lipinski definition) is 5. The summed E-state index contributed by atoms with van der Waals surface area (Å²) in [5, 5.41) is 18.1. The van der Waals surface area contributed by atoms with Crippen LogP contribution >= 0.6 is 0 Å². The molecule has 0 aliphatic rings. The molecule has 0 unspecified atom stereocenters. The average Bonchev–Trinajstić information content (AvgIpc) is 2.79. The summed E-state index contributed by atoms with van der Waals surface area (Å²) in [6.07, 6.45) is 1.44. The maximum Gasteiger partial charge on any atom is 0.143 e. The molecule has 0 saturated heterocycles. The van der Waals surface area contributed by atoms with Crippen molar-refractivity contribution in [3.8, 4) is 6.07 Å². The fourth-order valence-corrected chi connectivity index (χ4v) is 1.09. The van der Waals surface area contributed by atoms with Crippen LogP contribution in [0.25, 0.3) is 0 Å². The fraction of sp³-hybridized carbons (Fsp3) is 0.111. The number of nitrogens with one attached hydrogen (secondary N) is 2. The second-order valence-corrected chi connectivity index (χ2v) is 2.81. The summed E-state index contributed by atoms with van der Waals surface area (Å²) in [5.74, 6) is 1.37. The van der Waals surface area contributed by atoms with Gasteiger partial charge in [0.2, 0.25) is 0 Å². The lowest BCUT2D eigenvalue weighted by Crippen LogP contribution is -2.03. The molecule has 0 saturated carbocycles. The van der Waals surface area contributed by atoms with E-state index in [2.05, 4.69) is 25.5 Å². The number of nitrogens with zero attached hydrogens (tertiary/aromatic N) is 4. The van der Waals surface area contributed by atoms with Crippen molar-refractivity contribution >= 4 is 5.82 Å². The molecule has 0 bridgehead atoms. The van der Waals surface area contributed by atoms with Crippen LogP contribution in [0.1, 0.15) is 11.5 Å². The summed E-state index contributed by atoms with van der Waals surface area (Å²) >= 11 is 0. The zero-order chi connectivity index (χ0) is 10.5. The van der Waals surface area contributed by atoms with E-state index in [1.807, 2.05) is 6.07 Å². The van der Waals surface area contributed by atoms with E-state index in [0.717, 1.165) is 5.82 Å². The molecule has 2 aromatic heterocycles. The Hall–Kier alpha value is -2.42. The van der Waals surface area contributed by atoms with Crippen LogP contribution in [0.15, 0.2) is 24.5 Å². The van der Waals surface area contributed by atoms with Crippen LogP contribution < -0.4 is 5.32 Å². The highest BCUT2D eigenvalue weighted by molar-refractivity contribution is 5.38. The first kappa shape index (κ1) is 9.15. The molecule has 6 nitrogen and oxygen atoms in total. The number of nitriles is 1. The van der Waals surface area contributed by atoms with E-state index in [1.165, 1.54) is 6.33 Å². The van der Waals surface area contributed by atoms with Gasteiger partial charge in [0, 0.05) is 0 Å². The standard InChI is InChI=1S/C9H8N6/c10-4-7-2-1-3-8(14-7)11-5-9-12-6-13-15-9/h1-3,6H,5H2,(H,11,14)(H,12,13,15). The van der Waals surface area contributed by atoms with Crippen LogP contribution in [0.2, 0.25) is 0 Å². The summed E-state index contributed by atoms with van der Waals surface area (Å²) < 4.78 is 0. The van der Waals surface area contributed by atoms with Crippen LogP contribution in [0.5, 0.6) is 0 Å². The van der Waals surface area contributed by atoms with Gasteiger partial charge in [-0.05, 0) is 12.1 Å². The Labute approximate surface area is 86.0 Å². The van der Waals surface area contributed by atoms with Crippen molar-refractivity contribution in [3.05, 3.63) is 36.0 Å². The van der Waals surface area contributed by atoms with Crippen LogP contribution in [-0.4, -0.2) is 20.2 Å². The van der Waals surface area contributed by atoms with Gasteiger partial charge in [-0.2, -0.15) is 10.4 Å². The third kappa shape index (κ3) is 2.28. The van der Waals surface area contributed by atoms with Crippen molar-refractivity contribution in [2.45, 2.75) is 6.54 Å². The Balaban J connectivity index is 2.02. The first-order valence-electron chi connectivity index (χ1n) is 4.34. The zero-order valence-electron chi connectivity index (χ0n) is 7.81. The number of H-pyrrole nitrogens is 1. The SMILES string of the molecule is N#Cc1cccc(NCc2ncn[nH]2)n1. The number of aromatic amines is 1. The summed E-state index contributed by atoms with van der Waals surface area (Å²) in [4.78, 5) is 8.01. The minimum atomic E-state index is 0.387. The maximum atomic E-state index is 8.65. The van der Waals surface area contributed by atoms with Crippen molar-refractivity contribution in [2.24, 2.45) is 0 Å². The summed E-state index contributed by atoms with van der Waals surface area (Å²) in [6, 6.07) is 7.19. The largest absolute Gasteiger partial charge is 0.363 e. The molecule has 0 aliphatic carbocycles. The second-order valence-electron chi connectivity index (χ2n) is 2.81. The molecule has 0 amide bonds. The molecule has 0 aliphatic heterocycles. The molecule has 6 heteroatoms. The van der Waals surface area contributed by atoms with Gasteiger partial charge in [-0.15, -0.1) is 0 Å². The van der Waals surface area contributed by atoms with Crippen LogP contribution in [0.3, 0.4) is 0 Å². The third-order valence-electron chi connectivity index (χ3n) is 1.77. The predicted octanol–water partition coefficient (Wildman–Crippen LogP) is 0.683. The van der Waals surface area contributed by atoms with Gasteiger partial charge in [-0.1, -0.05) is 6.07 Å². The number of rotatable bonds is 3. The monoisotopic (exact) mass is 200 g/mol. The Morgan fingerprint density at radius 1 is 1.47 bits per heavy atom. The molecule has 2 rings (SSSR count). The number of aromatic nitrogens is 4. The number of anilines is 1. The van der Waals surface area contributed by atoms with Crippen molar-refractivity contribution in [3.63, 3.8) is 0 Å². The van der Waals surface area contributed by atoms with E-state index in [9.17, 15) is 0 Å². The lowest BCUT2D eigenvalue weighted by molar-refractivity contribution is 0.947. The number of hydrogen-bond donors (Lipinski definition) is 2. The molecular formula is C9H8N6. The fourth-order valence-electron chi connectivity index (χ4n) is 1.09. The molecule has 0 fully saturated rings. The summed E-state index contributed by atoms with van der Waals surface area (Å²) in [6.45, 7) is 0.502. The van der Waals surface area contributed by atoms with E-state index < -0.39 is 0 Å². The van der Waals surface area contributed by atoms with E-state index >= 15 is 0 Å². The van der Waals surface area contributed by atoms with Gasteiger partial charge in [0.05, 0.1) is 6.54 Å². The van der Waals surface area contributed by atoms with Crippen LogP contribution in [0, 0.1) is 11.3 Å². The predicted molar refractivity (Wildman–Crippen MR) is 52.7 cm³/mol. The molecule has 15 heavy (non-hydrogen) atoms. The highest BCUT2D eigenvalue weighted by Crippen LogP contribution is 2.04. The lowest BCUT2D eigenvalue weighted by atomic mass is 10.3. The first-order chi connectivity index (χ1) is 7.38. The highest BCUT2D eigenvalue weighted by atomic mass is 15.2. The van der Waals surface area contributed by atoms with Crippen LogP contribution in [-0.2, 0) is 6.54 Å². The van der Waals surface area contributed by atoms with Gasteiger partial charge < -0.3 is 5.32 Å². The van der Waals surface area contributed by atoms with Gasteiger partial charge in [-0.25, -0.2) is 9.97 Å². The lowest BCUT2D eigenvalue weighted by Gasteiger charge is -2.02. The van der Waals surface area contributed by atoms with Crippen molar-refractivity contribution in [1.82, 2.24) is 20.2 Å². The molecule has 2 N–H and O–H groups in total. The molecule has 74 valence electrons. The Bertz CT molecular complexity index is 470. The molecule has 0 radical (unpaired) electrons. The molecule has 0 aromatic carbocycles.